The molecule has 14 heteroatoms. The van der Waals surface area contributed by atoms with Crippen LogP contribution >= 0.6 is 20.6 Å². The summed E-state index contributed by atoms with van der Waals surface area (Å²) >= 11 is 1.31. The van der Waals surface area contributed by atoms with Crippen molar-refractivity contribution in [3.63, 3.8) is 0 Å². The van der Waals surface area contributed by atoms with Crippen molar-refractivity contribution in [1.82, 2.24) is 34.9 Å². The van der Waals surface area contributed by atoms with E-state index in [4.69, 9.17) is 9.47 Å². The third kappa shape index (κ3) is 5.88. The Bertz CT molecular complexity index is 1310. The highest BCUT2D eigenvalue weighted by molar-refractivity contribution is 7.18. The first-order chi connectivity index (χ1) is 15.8. The summed E-state index contributed by atoms with van der Waals surface area (Å²) in [5.41, 5.74) is -1.72. The fraction of sp³-hybridized carbons (Fsp3) is 0.211. The summed E-state index contributed by atoms with van der Waals surface area (Å²) in [5, 5.41) is 13.9. The van der Waals surface area contributed by atoms with E-state index >= 15 is 0 Å². The highest BCUT2D eigenvalue weighted by atomic mass is 32.1. The standard InChI is InChI=1S/C19H16F2N7O3PS/c1-30-14-6-11(4-5-22-14)17-26-25-15(33-17)9-28-16(29)3-2-13(27-28)12-7-23-18(24-8-12)31-10-19(20,21)32/h2-8H,9-10,32H2,1H3. The molecule has 1 unspecified atom stereocenters. The van der Waals surface area contributed by atoms with Crippen molar-refractivity contribution in [1.29, 1.82) is 0 Å². The van der Waals surface area contributed by atoms with Crippen molar-refractivity contribution in [2.24, 2.45) is 0 Å². The lowest BCUT2D eigenvalue weighted by Gasteiger charge is -2.10. The van der Waals surface area contributed by atoms with Gasteiger partial charge in [-0.1, -0.05) is 20.6 Å². The minimum absolute atomic E-state index is 0.109. The van der Waals surface area contributed by atoms with Crippen molar-refractivity contribution in [2.45, 2.75) is 12.2 Å². The Labute approximate surface area is 191 Å². The Morgan fingerprint density at radius 3 is 2.64 bits per heavy atom. The molecule has 0 saturated carbocycles. The molecule has 0 radical (unpaired) electrons. The Kier molecular flexibility index (Phi) is 6.61. The average Bonchev–Trinajstić information content (AvgIpc) is 3.28. The summed E-state index contributed by atoms with van der Waals surface area (Å²) in [6.07, 6.45) is 4.36. The largest absolute Gasteiger partial charge is 0.481 e. The van der Waals surface area contributed by atoms with Crippen LogP contribution in [0.4, 0.5) is 8.78 Å². The van der Waals surface area contributed by atoms with Crippen molar-refractivity contribution in [2.75, 3.05) is 13.7 Å². The van der Waals surface area contributed by atoms with Gasteiger partial charge in [0.2, 0.25) is 5.88 Å². The van der Waals surface area contributed by atoms with E-state index in [2.05, 4.69) is 30.2 Å². The summed E-state index contributed by atoms with van der Waals surface area (Å²) < 4.78 is 36.9. The Morgan fingerprint density at radius 2 is 1.91 bits per heavy atom. The van der Waals surface area contributed by atoms with Crippen LogP contribution in [0.15, 0.2) is 47.7 Å². The number of hydrogen-bond donors (Lipinski definition) is 0. The number of pyridine rings is 1. The Hall–Kier alpha value is -3.44. The maximum atomic E-state index is 12.9. The van der Waals surface area contributed by atoms with E-state index in [0.29, 0.717) is 27.2 Å². The molecule has 0 aromatic carbocycles. The molecule has 10 nitrogen and oxygen atoms in total. The van der Waals surface area contributed by atoms with Gasteiger partial charge in [-0.05, 0) is 12.1 Å². The second-order valence-corrected chi connectivity index (χ2v) is 8.51. The van der Waals surface area contributed by atoms with Crippen LogP contribution in [0.3, 0.4) is 0 Å². The van der Waals surface area contributed by atoms with Crippen molar-refractivity contribution >= 4 is 20.6 Å². The smallest absolute Gasteiger partial charge is 0.316 e. The third-order valence-electron chi connectivity index (χ3n) is 4.13. The van der Waals surface area contributed by atoms with Crippen LogP contribution in [0.1, 0.15) is 5.01 Å². The molecule has 0 aliphatic heterocycles. The van der Waals surface area contributed by atoms with Gasteiger partial charge in [0.15, 0.2) is 6.61 Å². The lowest BCUT2D eigenvalue weighted by atomic mass is 10.2. The van der Waals surface area contributed by atoms with Gasteiger partial charge in [0, 0.05) is 41.9 Å². The molecule has 0 aliphatic carbocycles. The molecule has 0 amide bonds. The van der Waals surface area contributed by atoms with E-state index in [1.54, 1.807) is 18.3 Å². The van der Waals surface area contributed by atoms with E-state index in [1.165, 1.54) is 56.9 Å². The quantitative estimate of drug-likeness (QED) is 0.343. The van der Waals surface area contributed by atoms with E-state index in [9.17, 15) is 13.6 Å². The fourth-order valence-electron chi connectivity index (χ4n) is 2.62. The van der Waals surface area contributed by atoms with Crippen LogP contribution < -0.4 is 15.0 Å². The van der Waals surface area contributed by atoms with Crippen LogP contribution in [-0.4, -0.2) is 54.3 Å². The number of hydrogen-bond acceptors (Lipinski definition) is 10. The SMILES string of the molecule is COc1cc(-c2nnc(Cn3nc(-c4cnc(OCC(F)(F)P)nc4)ccc3=O)s2)ccn1. The van der Waals surface area contributed by atoms with Crippen LogP contribution in [0.25, 0.3) is 21.8 Å². The predicted molar refractivity (Wildman–Crippen MR) is 118 cm³/mol. The van der Waals surface area contributed by atoms with Gasteiger partial charge in [0.25, 0.3) is 11.2 Å². The maximum Gasteiger partial charge on any atom is 0.316 e. The van der Waals surface area contributed by atoms with Gasteiger partial charge in [-0.2, -0.15) is 13.9 Å². The summed E-state index contributed by atoms with van der Waals surface area (Å²) in [6, 6.07) is 6.21. The highest BCUT2D eigenvalue weighted by Crippen LogP contribution is 2.26. The maximum absolute atomic E-state index is 12.9. The molecular weight excluding hydrogens is 475 g/mol. The lowest BCUT2D eigenvalue weighted by molar-refractivity contribution is 0.0422. The highest BCUT2D eigenvalue weighted by Gasteiger charge is 2.23. The van der Waals surface area contributed by atoms with Crippen molar-refractivity contribution < 1.29 is 18.3 Å². The number of ether oxygens (including phenoxy) is 2. The topological polar surface area (TPSA) is 118 Å². The van der Waals surface area contributed by atoms with E-state index in [1.807, 2.05) is 0 Å². The third-order valence-corrected chi connectivity index (χ3v) is 5.25. The Balaban J connectivity index is 1.51. The first-order valence-corrected chi connectivity index (χ1v) is 10.7. The van der Waals surface area contributed by atoms with E-state index < -0.39 is 12.3 Å². The zero-order chi connectivity index (χ0) is 23.4. The minimum atomic E-state index is -3.08. The predicted octanol–water partition coefficient (Wildman–Crippen LogP) is 2.52. The summed E-state index contributed by atoms with van der Waals surface area (Å²) in [7, 11) is 2.90. The number of nitrogens with zero attached hydrogens (tertiary/aromatic N) is 7. The average molecular weight is 491 g/mol. The number of rotatable bonds is 8. The fourth-order valence-corrected chi connectivity index (χ4v) is 3.52. The molecule has 170 valence electrons. The zero-order valence-corrected chi connectivity index (χ0v) is 19.0. The second-order valence-electron chi connectivity index (χ2n) is 6.61. The molecule has 4 rings (SSSR count). The molecule has 4 heterocycles. The van der Waals surface area contributed by atoms with Crippen LogP contribution in [0.2, 0.25) is 0 Å². The lowest BCUT2D eigenvalue weighted by Crippen LogP contribution is -2.22. The first-order valence-electron chi connectivity index (χ1n) is 9.33. The van der Waals surface area contributed by atoms with Crippen LogP contribution in [-0.2, 0) is 6.54 Å². The molecule has 0 spiro atoms. The monoisotopic (exact) mass is 491 g/mol. The second kappa shape index (κ2) is 9.59. The van der Waals surface area contributed by atoms with Gasteiger partial charge in [0.05, 0.1) is 19.3 Å². The summed E-state index contributed by atoms with van der Waals surface area (Å²) in [4.78, 5) is 24.2. The molecule has 33 heavy (non-hydrogen) atoms. The molecule has 0 saturated heterocycles. The number of aromatic nitrogens is 7. The van der Waals surface area contributed by atoms with Crippen molar-refractivity contribution in [3.05, 3.63) is 58.2 Å². The molecule has 0 N–H and O–H groups in total. The normalized spacial score (nSPS) is 11.4. The molecular formula is C19H16F2N7O3PS. The summed E-state index contributed by atoms with van der Waals surface area (Å²) in [5.74, 6) is 0.454. The van der Waals surface area contributed by atoms with Gasteiger partial charge in [-0.25, -0.2) is 19.6 Å². The first kappa shape index (κ1) is 22.7. The molecule has 0 aliphatic rings. The number of halogens is 2. The molecule has 4 aromatic heterocycles. The number of alkyl halides is 2. The zero-order valence-electron chi connectivity index (χ0n) is 17.1. The molecule has 0 bridgehead atoms. The van der Waals surface area contributed by atoms with Crippen molar-refractivity contribution in [3.8, 4) is 33.7 Å². The Morgan fingerprint density at radius 1 is 1.12 bits per heavy atom. The van der Waals surface area contributed by atoms with Gasteiger partial charge in [0.1, 0.15) is 10.0 Å². The van der Waals surface area contributed by atoms with Gasteiger partial charge >= 0.3 is 6.01 Å². The molecule has 1 atom stereocenters. The van der Waals surface area contributed by atoms with E-state index in [0.717, 1.165) is 5.56 Å². The van der Waals surface area contributed by atoms with Crippen LogP contribution in [0.5, 0.6) is 11.9 Å². The van der Waals surface area contributed by atoms with Gasteiger partial charge in [-0.15, -0.1) is 10.2 Å². The molecule has 4 aromatic rings. The van der Waals surface area contributed by atoms with Crippen LogP contribution in [0, 0.1) is 0 Å². The summed E-state index contributed by atoms with van der Waals surface area (Å²) in [6.45, 7) is -0.756. The van der Waals surface area contributed by atoms with E-state index in [-0.39, 0.29) is 18.1 Å². The number of methoxy groups -OCH3 is 1. The van der Waals surface area contributed by atoms with Gasteiger partial charge in [-0.3, -0.25) is 4.79 Å². The van der Waals surface area contributed by atoms with Gasteiger partial charge < -0.3 is 9.47 Å². The minimum Gasteiger partial charge on any atom is -0.481 e. The molecule has 0 fully saturated rings.